The number of ether oxygens (including phenoxy) is 1. The predicted molar refractivity (Wildman–Crippen MR) is 104 cm³/mol. The Bertz CT molecular complexity index is 1030. The molecule has 6 heteroatoms. The number of nitrogens with one attached hydrogen (secondary N) is 1. The lowest BCUT2D eigenvalue weighted by molar-refractivity contribution is 0.398. The molecule has 132 valence electrons. The first-order valence-electron chi connectivity index (χ1n) is 8.68. The predicted octanol–water partition coefficient (Wildman–Crippen LogP) is 2.86. The van der Waals surface area contributed by atoms with Crippen molar-refractivity contribution in [1.29, 1.82) is 0 Å². The Kier molecular flexibility index (Phi) is 3.60. The summed E-state index contributed by atoms with van der Waals surface area (Å²) in [5.41, 5.74) is 6.11. The zero-order valence-corrected chi connectivity index (χ0v) is 14.7. The van der Waals surface area contributed by atoms with Gasteiger partial charge in [0.2, 0.25) is 5.88 Å². The third-order valence-corrected chi connectivity index (χ3v) is 4.74. The van der Waals surface area contributed by atoms with Crippen LogP contribution in [-0.2, 0) is 0 Å². The van der Waals surface area contributed by atoms with Crippen LogP contribution in [0.15, 0.2) is 89.6 Å². The van der Waals surface area contributed by atoms with E-state index in [0.29, 0.717) is 5.88 Å². The van der Waals surface area contributed by atoms with Gasteiger partial charge in [0.05, 0.1) is 24.2 Å². The molecule has 0 saturated heterocycles. The molecule has 2 aromatic heterocycles. The van der Waals surface area contributed by atoms with Gasteiger partial charge in [-0.15, -0.1) is 0 Å². The first-order valence-corrected chi connectivity index (χ1v) is 8.68. The number of nitrogens with zero attached hydrogens (tertiary/aromatic N) is 4. The second-order valence-corrected chi connectivity index (χ2v) is 6.32. The highest BCUT2D eigenvalue weighted by atomic mass is 16.5. The summed E-state index contributed by atoms with van der Waals surface area (Å²) in [7, 11) is 1.61. The van der Waals surface area contributed by atoms with E-state index in [2.05, 4.69) is 43.5 Å². The number of methoxy groups -OCH3 is 1. The van der Waals surface area contributed by atoms with E-state index in [9.17, 15) is 0 Å². The summed E-state index contributed by atoms with van der Waals surface area (Å²) in [5.74, 6) is 0.595. The smallest absolute Gasteiger partial charge is 0.212 e. The van der Waals surface area contributed by atoms with Crippen molar-refractivity contribution in [2.45, 2.75) is 6.17 Å². The quantitative estimate of drug-likeness (QED) is 0.914. The van der Waals surface area contributed by atoms with Crippen molar-refractivity contribution >= 4 is 11.4 Å². The van der Waals surface area contributed by atoms with Gasteiger partial charge in [0.15, 0.2) is 0 Å². The molecular formula is C21H17N5O. The molecule has 0 amide bonds. The molecule has 1 atom stereocenters. The molecule has 6 nitrogen and oxygen atoms in total. The maximum atomic E-state index is 5.13. The molecule has 0 spiro atoms. The Morgan fingerprint density at radius 2 is 2.11 bits per heavy atom. The fourth-order valence-electron chi connectivity index (χ4n) is 3.31. The first kappa shape index (κ1) is 15.6. The van der Waals surface area contributed by atoms with Crippen LogP contribution in [0.5, 0.6) is 5.88 Å². The Labute approximate surface area is 156 Å². The van der Waals surface area contributed by atoms with Crippen LogP contribution in [0.2, 0.25) is 0 Å². The minimum atomic E-state index is 0.106. The van der Waals surface area contributed by atoms with Gasteiger partial charge in [-0.2, -0.15) is 0 Å². The standard InChI is InChI=1S/C21H17N5O/c1-27-20-8-6-14(10-24-20)21-16(11-25-21)15-5-7-19-23-12-18(26(19)13-15)17-4-2-3-9-22-17/h2-13,19,23H,1H3. The lowest BCUT2D eigenvalue weighted by atomic mass is 9.93. The molecule has 5 heterocycles. The summed E-state index contributed by atoms with van der Waals surface area (Å²) in [6.07, 6.45) is 14.0. The van der Waals surface area contributed by atoms with Crippen LogP contribution in [0.4, 0.5) is 0 Å². The van der Waals surface area contributed by atoms with E-state index >= 15 is 0 Å². The number of pyridine rings is 2. The summed E-state index contributed by atoms with van der Waals surface area (Å²) < 4.78 is 5.13. The van der Waals surface area contributed by atoms with Crippen molar-refractivity contribution in [2.24, 2.45) is 4.99 Å². The van der Waals surface area contributed by atoms with Gasteiger partial charge in [-0.25, -0.2) is 4.98 Å². The minimum absolute atomic E-state index is 0.106. The molecule has 0 aliphatic carbocycles. The molecule has 1 N–H and O–H groups in total. The number of aliphatic imine (C=N–C) groups is 1. The number of fused-ring (bicyclic) bond motifs is 1. The Hall–Kier alpha value is -3.67. The monoisotopic (exact) mass is 355 g/mol. The molecule has 5 rings (SSSR count). The molecule has 1 unspecified atom stereocenters. The second-order valence-electron chi connectivity index (χ2n) is 6.32. The normalized spacial score (nSPS) is 19.9. The lowest BCUT2D eigenvalue weighted by Crippen LogP contribution is -2.33. The van der Waals surface area contributed by atoms with Gasteiger partial charge in [-0.3, -0.25) is 9.98 Å². The molecule has 0 bridgehead atoms. The highest BCUT2D eigenvalue weighted by Gasteiger charge is 2.29. The van der Waals surface area contributed by atoms with E-state index in [-0.39, 0.29) is 6.17 Å². The summed E-state index contributed by atoms with van der Waals surface area (Å²) in [4.78, 5) is 15.4. The molecule has 2 aromatic rings. The number of allylic oxidation sites excluding steroid dienone is 3. The number of hydrogen-bond acceptors (Lipinski definition) is 6. The van der Waals surface area contributed by atoms with Gasteiger partial charge in [-0.05, 0) is 24.3 Å². The first-order chi connectivity index (χ1) is 13.3. The molecule has 27 heavy (non-hydrogen) atoms. The summed E-state index contributed by atoms with van der Waals surface area (Å²) >= 11 is 0. The van der Waals surface area contributed by atoms with Crippen molar-refractivity contribution in [2.75, 3.05) is 7.11 Å². The molecule has 0 fully saturated rings. The molecule has 0 saturated carbocycles. The average molecular weight is 355 g/mol. The highest BCUT2D eigenvalue weighted by molar-refractivity contribution is 6.19. The van der Waals surface area contributed by atoms with E-state index < -0.39 is 0 Å². The SMILES string of the molecule is COc1ccc(C2=NC=C2C2=CN3C(c4ccccn4)=CNC3C=C2)cn1. The minimum Gasteiger partial charge on any atom is -0.481 e. The van der Waals surface area contributed by atoms with Crippen LogP contribution in [0, 0.1) is 0 Å². The van der Waals surface area contributed by atoms with Crippen LogP contribution >= 0.6 is 0 Å². The largest absolute Gasteiger partial charge is 0.481 e. The van der Waals surface area contributed by atoms with Crippen molar-refractivity contribution in [1.82, 2.24) is 20.2 Å². The molecule has 3 aliphatic heterocycles. The van der Waals surface area contributed by atoms with Gasteiger partial charge >= 0.3 is 0 Å². The van der Waals surface area contributed by atoms with Crippen LogP contribution in [0.25, 0.3) is 5.70 Å². The van der Waals surface area contributed by atoms with Gasteiger partial charge in [0.1, 0.15) is 6.17 Å². The maximum absolute atomic E-state index is 5.13. The van der Waals surface area contributed by atoms with E-state index in [0.717, 1.165) is 33.8 Å². The topological polar surface area (TPSA) is 62.6 Å². The number of hydrogen-bond donors (Lipinski definition) is 1. The Balaban J connectivity index is 1.41. The average Bonchev–Trinajstić information content (AvgIpc) is 3.12. The van der Waals surface area contributed by atoms with Crippen LogP contribution in [-0.4, -0.2) is 33.9 Å². The fraction of sp³-hybridized carbons (Fsp3) is 0.0952. The molecule has 0 radical (unpaired) electrons. The Morgan fingerprint density at radius 3 is 2.81 bits per heavy atom. The van der Waals surface area contributed by atoms with E-state index in [4.69, 9.17) is 4.74 Å². The Morgan fingerprint density at radius 1 is 1.15 bits per heavy atom. The maximum Gasteiger partial charge on any atom is 0.212 e. The zero-order chi connectivity index (χ0) is 18.2. The van der Waals surface area contributed by atoms with Crippen molar-refractivity contribution < 1.29 is 4.74 Å². The van der Waals surface area contributed by atoms with Gasteiger partial charge in [0, 0.05) is 53.8 Å². The molecule has 3 aliphatic rings. The van der Waals surface area contributed by atoms with Crippen LogP contribution in [0.3, 0.4) is 0 Å². The third-order valence-electron chi connectivity index (χ3n) is 4.74. The summed E-state index contributed by atoms with van der Waals surface area (Å²) in [6.45, 7) is 0. The van der Waals surface area contributed by atoms with Gasteiger partial charge in [0.25, 0.3) is 0 Å². The lowest BCUT2D eigenvalue weighted by Gasteiger charge is -2.29. The highest BCUT2D eigenvalue weighted by Crippen LogP contribution is 2.33. The van der Waals surface area contributed by atoms with Gasteiger partial charge in [-0.1, -0.05) is 12.1 Å². The van der Waals surface area contributed by atoms with Gasteiger partial charge < -0.3 is 15.0 Å². The van der Waals surface area contributed by atoms with Crippen LogP contribution in [0.1, 0.15) is 11.3 Å². The van der Waals surface area contributed by atoms with Crippen molar-refractivity contribution in [3.63, 3.8) is 0 Å². The summed E-state index contributed by atoms with van der Waals surface area (Å²) in [5, 5.41) is 3.38. The van der Waals surface area contributed by atoms with E-state index in [1.807, 2.05) is 48.9 Å². The fourth-order valence-corrected chi connectivity index (χ4v) is 3.31. The molecular weight excluding hydrogens is 338 g/mol. The van der Waals surface area contributed by atoms with E-state index in [1.165, 1.54) is 0 Å². The third kappa shape index (κ3) is 2.62. The zero-order valence-electron chi connectivity index (χ0n) is 14.7. The molecule has 0 aromatic carbocycles. The summed E-state index contributed by atoms with van der Waals surface area (Å²) in [6, 6.07) is 9.76. The van der Waals surface area contributed by atoms with Crippen molar-refractivity contribution in [3.05, 3.63) is 95.9 Å². The number of aromatic nitrogens is 2. The van der Waals surface area contributed by atoms with Crippen molar-refractivity contribution in [3.8, 4) is 5.88 Å². The van der Waals surface area contributed by atoms with Crippen LogP contribution < -0.4 is 10.1 Å². The van der Waals surface area contributed by atoms with E-state index in [1.54, 1.807) is 13.3 Å². The number of rotatable bonds is 4. The second kappa shape index (κ2) is 6.25.